The average molecular weight is 390 g/mol. The van der Waals surface area contributed by atoms with Crippen LogP contribution < -0.4 is 5.32 Å². The standard InChI is InChI=1S/C8H10N2.2HI/c1-6-2-3-7-4-9-5-8(7)10-6;;/h2-3,9H,4-5H2,1H3;2*1H. The molecule has 0 amide bonds. The summed E-state index contributed by atoms with van der Waals surface area (Å²) in [5, 5.41) is 3.25. The highest BCUT2D eigenvalue weighted by Crippen LogP contribution is 2.12. The molecule has 0 saturated carbocycles. The number of fused-ring (bicyclic) bond motifs is 1. The molecule has 2 nitrogen and oxygen atoms in total. The van der Waals surface area contributed by atoms with Gasteiger partial charge in [0.05, 0.1) is 5.69 Å². The number of rotatable bonds is 0. The molecule has 2 heterocycles. The molecule has 68 valence electrons. The topological polar surface area (TPSA) is 24.9 Å². The molecule has 0 fully saturated rings. The van der Waals surface area contributed by atoms with E-state index >= 15 is 0 Å². The van der Waals surface area contributed by atoms with Gasteiger partial charge in [-0.25, -0.2) is 0 Å². The molecular weight excluding hydrogens is 378 g/mol. The SMILES string of the molecule is Cc1ccc2c(n1)CNC2.I.I. The second kappa shape index (κ2) is 5.33. The minimum Gasteiger partial charge on any atom is -0.307 e. The predicted molar refractivity (Wildman–Crippen MR) is 70.3 cm³/mol. The van der Waals surface area contributed by atoms with Crippen LogP contribution in [0, 0.1) is 6.92 Å². The average Bonchev–Trinajstić information content (AvgIpc) is 2.33. The van der Waals surface area contributed by atoms with Crippen LogP contribution in [0.4, 0.5) is 0 Å². The lowest BCUT2D eigenvalue weighted by Gasteiger charge is -1.96. The molecule has 1 aromatic rings. The van der Waals surface area contributed by atoms with Gasteiger partial charge in [-0.1, -0.05) is 6.07 Å². The maximum absolute atomic E-state index is 4.39. The second-order valence-electron chi connectivity index (χ2n) is 2.66. The molecule has 1 aliphatic rings. The molecule has 0 bridgehead atoms. The van der Waals surface area contributed by atoms with Crippen molar-refractivity contribution in [2.24, 2.45) is 0 Å². The lowest BCUT2D eigenvalue weighted by atomic mass is 10.2. The molecule has 0 aromatic carbocycles. The number of aryl methyl sites for hydroxylation is 1. The summed E-state index contributed by atoms with van der Waals surface area (Å²) in [4.78, 5) is 4.39. The van der Waals surface area contributed by atoms with Crippen molar-refractivity contribution in [3.8, 4) is 0 Å². The number of nitrogens with one attached hydrogen (secondary N) is 1. The first-order valence-electron chi connectivity index (χ1n) is 3.52. The second-order valence-corrected chi connectivity index (χ2v) is 2.66. The smallest absolute Gasteiger partial charge is 0.0589 e. The lowest BCUT2D eigenvalue weighted by molar-refractivity contribution is 0.757. The first kappa shape index (κ1) is 12.6. The van der Waals surface area contributed by atoms with Crippen molar-refractivity contribution < 1.29 is 0 Å². The number of halogens is 2. The molecule has 0 aliphatic carbocycles. The van der Waals surface area contributed by atoms with Crippen molar-refractivity contribution in [1.29, 1.82) is 0 Å². The van der Waals surface area contributed by atoms with Crippen molar-refractivity contribution in [2.75, 3.05) is 0 Å². The molecule has 2 rings (SSSR count). The van der Waals surface area contributed by atoms with Crippen LogP contribution in [0.3, 0.4) is 0 Å². The Balaban J connectivity index is 0.000000605. The van der Waals surface area contributed by atoms with E-state index in [9.17, 15) is 0 Å². The summed E-state index contributed by atoms with van der Waals surface area (Å²) in [6, 6.07) is 4.21. The van der Waals surface area contributed by atoms with Crippen LogP contribution in [0.25, 0.3) is 0 Å². The van der Waals surface area contributed by atoms with Crippen LogP contribution >= 0.6 is 48.0 Å². The fourth-order valence-corrected chi connectivity index (χ4v) is 1.27. The number of hydrogen-bond donors (Lipinski definition) is 1. The van der Waals surface area contributed by atoms with E-state index < -0.39 is 0 Å². The summed E-state index contributed by atoms with van der Waals surface area (Å²) in [5.41, 5.74) is 3.69. The summed E-state index contributed by atoms with van der Waals surface area (Å²) in [7, 11) is 0. The summed E-state index contributed by atoms with van der Waals surface area (Å²) in [6.07, 6.45) is 0. The number of nitrogens with zero attached hydrogens (tertiary/aromatic N) is 1. The third-order valence-electron chi connectivity index (χ3n) is 1.82. The maximum Gasteiger partial charge on any atom is 0.0589 e. The monoisotopic (exact) mass is 390 g/mol. The molecule has 0 unspecified atom stereocenters. The van der Waals surface area contributed by atoms with Crippen molar-refractivity contribution in [3.05, 3.63) is 29.1 Å². The highest BCUT2D eigenvalue weighted by atomic mass is 127. The van der Waals surface area contributed by atoms with Crippen molar-refractivity contribution in [1.82, 2.24) is 10.3 Å². The van der Waals surface area contributed by atoms with Gasteiger partial charge < -0.3 is 5.32 Å². The Morgan fingerprint density at radius 1 is 1.25 bits per heavy atom. The van der Waals surface area contributed by atoms with Crippen LogP contribution in [0.15, 0.2) is 12.1 Å². The highest BCUT2D eigenvalue weighted by molar-refractivity contribution is 14.0. The van der Waals surface area contributed by atoms with E-state index in [0.717, 1.165) is 18.8 Å². The third-order valence-corrected chi connectivity index (χ3v) is 1.82. The van der Waals surface area contributed by atoms with Gasteiger partial charge in [0.1, 0.15) is 0 Å². The third kappa shape index (κ3) is 2.53. The number of pyridine rings is 1. The van der Waals surface area contributed by atoms with E-state index in [0.29, 0.717) is 0 Å². The van der Waals surface area contributed by atoms with E-state index in [-0.39, 0.29) is 48.0 Å². The molecule has 1 N–H and O–H groups in total. The molecule has 0 spiro atoms. The van der Waals surface area contributed by atoms with Crippen molar-refractivity contribution >= 4 is 48.0 Å². The van der Waals surface area contributed by atoms with Crippen LogP contribution in [0.1, 0.15) is 17.0 Å². The quantitative estimate of drug-likeness (QED) is 0.688. The van der Waals surface area contributed by atoms with Crippen LogP contribution in [-0.4, -0.2) is 4.98 Å². The first-order valence-corrected chi connectivity index (χ1v) is 3.52. The molecule has 0 radical (unpaired) electrons. The fraction of sp³-hybridized carbons (Fsp3) is 0.375. The molecule has 0 saturated heterocycles. The lowest BCUT2D eigenvalue weighted by Crippen LogP contribution is -2.00. The summed E-state index contributed by atoms with van der Waals surface area (Å²) in [5.74, 6) is 0. The van der Waals surface area contributed by atoms with Gasteiger partial charge in [0.2, 0.25) is 0 Å². The van der Waals surface area contributed by atoms with Crippen LogP contribution in [-0.2, 0) is 13.1 Å². The van der Waals surface area contributed by atoms with Crippen molar-refractivity contribution in [3.63, 3.8) is 0 Å². The molecule has 4 heteroatoms. The van der Waals surface area contributed by atoms with Gasteiger partial charge in [-0.2, -0.15) is 0 Å². The van der Waals surface area contributed by atoms with E-state index in [1.807, 2.05) is 6.92 Å². The van der Waals surface area contributed by atoms with Crippen molar-refractivity contribution in [2.45, 2.75) is 20.0 Å². The number of aromatic nitrogens is 1. The molecule has 1 aromatic heterocycles. The summed E-state index contributed by atoms with van der Waals surface area (Å²) >= 11 is 0. The zero-order valence-electron chi connectivity index (χ0n) is 6.83. The van der Waals surface area contributed by atoms with E-state index in [2.05, 4.69) is 22.4 Å². The van der Waals surface area contributed by atoms with E-state index in [1.54, 1.807) is 0 Å². The summed E-state index contributed by atoms with van der Waals surface area (Å²) < 4.78 is 0. The maximum atomic E-state index is 4.39. The van der Waals surface area contributed by atoms with Gasteiger partial charge in [-0.3, -0.25) is 4.98 Å². The Labute approximate surface area is 107 Å². The van der Waals surface area contributed by atoms with Crippen LogP contribution in [0.2, 0.25) is 0 Å². The predicted octanol–water partition coefficient (Wildman–Crippen LogP) is 2.23. The Morgan fingerprint density at radius 3 is 2.75 bits per heavy atom. The van der Waals surface area contributed by atoms with E-state index in [4.69, 9.17) is 0 Å². The fourth-order valence-electron chi connectivity index (χ4n) is 1.27. The Hall–Kier alpha value is 0.570. The Kier molecular flexibility index (Phi) is 5.59. The van der Waals surface area contributed by atoms with E-state index in [1.165, 1.54) is 11.3 Å². The molecular formula is C8H12I2N2. The molecule has 12 heavy (non-hydrogen) atoms. The van der Waals surface area contributed by atoms with Crippen LogP contribution in [0.5, 0.6) is 0 Å². The van der Waals surface area contributed by atoms with Gasteiger partial charge in [-0.05, 0) is 18.6 Å². The zero-order valence-corrected chi connectivity index (χ0v) is 11.5. The normalized spacial score (nSPS) is 12.8. The molecule has 0 atom stereocenters. The largest absolute Gasteiger partial charge is 0.307 e. The zero-order chi connectivity index (χ0) is 6.97. The highest BCUT2D eigenvalue weighted by Gasteiger charge is 2.09. The molecule has 1 aliphatic heterocycles. The summed E-state index contributed by atoms with van der Waals surface area (Å²) in [6.45, 7) is 3.96. The Bertz CT molecular complexity index is 263. The van der Waals surface area contributed by atoms with Gasteiger partial charge >= 0.3 is 0 Å². The minimum atomic E-state index is 0. The van der Waals surface area contributed by atoms with Gasteiger partial charge in [-0.15, -0.1) is 48.0 Å². The minimum absolute atomic E-state index is 0. The van der Waals surface area contributed by atoms with Gasteiger partial charge in [0.15, 0.2) is 0 Å². The Morgan fingerprint density at radius 2 is 2.00 bits per heavy atom. The number of hydrogen-bond acceptors (Lipinski definition) is 2. The van der Waals surface area contributed by atoms with Gasteiger partial charge in [0, 0.05) is 18.8 Å². The first-order chi connectivity index (χ1) is 4.86. The van der Waals surface area contributed by atoms with Gasteiger partial charge in [0.25, 0.3) is 0 Å².